The van der Waals surface area contributed by atoms with E-state index in [9.17, 15) is 9.90 Å². The van der Waals surface area contributed by atoms with Gasteiger partial charge in [0, 0.05) is 5.56 Å². The second-order valence-electron chi connectivity index (χ2n) is 6.32. The van der Waals surface area contributed by atoms with Crippen molar-refractivity contribution in [3.63, 3.8) is 0 Å². The Labute approximate surface area is 162 Å². The van der Waals surface area contributed by atoms with Gasteiger partial charge in [-0.1, -0.05) is 54.6 Å². The number of rotatable bonds is 6. The molecule has 0 bridgehead atoms. The Morgan fingerprint density at radius 2 is 1.75 bits per heavy atom. The Morgan fingerprint density at radius 1 is 0.964 bits per heavy atom. The van der Waals surface area contributed by atoms with Crippen molar-refractivity contribution in [1.29, 1.82) is 0 Å². The summed E-state index contributed by atoms with van der Waals surface area (Å²) in [5, 5.41) is 9.28. The summed E-state index contributed by atoms with van der Waals surface area (Å²) >= 11 is 0. The van der Waals surface area contributed by atoms with Gasteiger partial charge in [-0.25, -0.2) is 9.78 Å². The number of carbonyl (C=O) groups is 1. The van der Waals surface area contributed by atoms with E-state index in [1.165, 1.54) is 0 Å². The summed E-state index contributed by atoms with van der Waals surface area (Å²) in [6.45, 7) is 0.465. The molecule has 5 nitrogen and oxygen atoms in total. The predicted octanol–water partition coefficient (Wildman–Crippen LogP) is 4.24. The van der Waals surface area contributed by atoms with Crippen molar-refractivity contribution in [2.24, 2.45) is 0 Å². The van der Waals surface area contributed by atoms with E-state index in [1.807, 2.05) is 77.8 Å². The van der Waals surface area contributed by atoms with E-state index < -0.39 is 5.97 Å². The third kappa shape index (κ3) is 3.64. The molecule has 0 saturated carbocycles. The number of hydrogen-bond acceptors (Lipinski definition) is 2. The number of H-pyrrole nitrogens is 1. The highest BCUT2D eigenvalue weighted by molar-refractivity contribution is 5.89. The fraction of sp³-hybridized carbons (Fsp3) is 0.0435. The zero-order valence-electron chi connectivity index (χ0n) is 15.1. The number of carboxylic acid groups (broad SMARTS) is 1. The molecule has 0 unspecified atom stereocenters. The molecular weight excluding hydrogens is 352 g/mol. The molecule has 5 heteroatoms. The highest BCUT2D eigenvalue weighted by atomic mass is 16.5. The van der Waals surface area contributed by atoms with Crippen LogP contribution in [0.25, 0.3) is 16.9 Å². The lowest BCUT2D eigenvalue weighted by Crippen LogP contribution is -2.31. The SMILES string of the molecule is O=C(O)c1cccc(-c2c[nH]c[n+]2-c2ccccc2OCc2ccccc2)c1. The number of ether oxygens (including phenoxy) is 1. The first-order valence-electron chi connectivity index (χ1n) is 8.90. The lowest BCUT2D eigenvalue weighted by Gasteiger charge is -2.10. The van der Waals surface area contributed by atoms with Gasteiger partial charge in [0.15, 0.2) is 17.1 Å². The predicted molar refractivity (Wildman–Crippen MR) is 105 cm³/mol. The molecule has 0 atom stereocenters. The summed E-state index contributed by atoms with van der Waals surface area (Å²) in [6, 6.07) is 24.6. The third-order valence-corrected chi connectivity index (χ3v) is 4.45. The third-order valence-electron chi connectivity index (χ3n) is 4.45. The molecule has 4 rings (SSSR count). The maximum atomic E-state index is 11.3. The molecule has 0 fully saturated rings. The monoisotopic (exact) mass is 371 g/mol. The van der Waals surface area contributed by atoms with E-state index in [0.717, 1.165) is 28.3 Å². The highest BCUT2D eigenvalue weighted by Gasteiger charge is 2.18. The normalized spacial score (nSPS) is 10.6. The molecule has 2 N–H and O–H groups in total. The van der Waals surface area contributed by atoms with Gasteiger partial charge in [0.05, 0.1) is 5.56 Å². The number of nitrogens with one attached hydrogen (secondary N) is 1. The molecule has 0 aliphatic heterocycles. The first-order chi connectivity index (χ1) is 13.7. The number of nitrogens with zero attached hydrogens (tertiary/aromatic N) is 1. The van der Waals surface area contributed by atoms with Gasteiger partial charge in [0.2, 0.25) is 6.33 Å². The lowest BCUT2D eigenvalue weighted by atomic mass is 10.1. The van der Waals surface area contributed by atoms with Crippen LogP contribution >= 0.6 is 0 Å². The Bertz CT molecular complexity index is 1100. The summed E-state index contributed by atoms with van der Waals surface area (Å²) < 4.78 is 8.03. The maximum Gasteiger partial charge on any atom is 0.335 e. The minimum absolute atomic E-state index is 0.249. The Morgan fingerprint density at radius 3 is 2.57 bits per heavy atom. The first-order valence-corrected chi connectivity index (χ1v) is 8.90. The zero-order valence-corrected chi connectivity index (χ0v) is 15.1. The number of hydrogen-bond donors (Lipinski definition) is 2. The molecule has 28 heavy (non-hydrogen) atoms. The van der Waals surface area contributed by atoms with Gasteiger partial charge in [0.25, 0.3) is 0 Å². The van der Waals surface area contributed by atoms with Gasteiger partial charge in [0.1, 0.15) is 12.8 Å². The van der Waals surface area contributed by atoms with Crippen molar-refractivity contribution in [3.05, 3.63) is 103 Å². The average Bonchev–Trinajstić information content (AvgIpc) is 3.23. The van der Waals surface area contributed by atoms with Crippen LogP contribution in [0, 0.1) is 0 Å². The van der Waals surface area contributed by atoms with Crippen LogP contribution in [0.5, 0.6) is 5.75 Å². The molecule has 0 spiro atoms. The summed E-state index contributed by atoms with van der Waals surface area (Å²) in [6.07, 6.45) is 3.67. The smallest absolute Gasteiger partial charge is 0.335 e. The molecule has 4 aromatic rings. The second-order valence-corrected chi connectivity index (χ2v) is 6.32. The van der Waals surface area contributed by atoms with Gasteiger partial charge in [-0.3, -0.25) is 0 Å². The van der Waals surface area contributed by atoms with Crippen LogP contribution in [0.1, 0.15) is 15.9 Å². The van der Waals surface area contributed by atoms with Gasteiger partial charge in [-0.2, -0.15) is 4.57 Å². The number of aromatic amines is 1. The van der Waals surface area contributed by atoms with E-state index in [-0.39, 0.29) is 5.56 Å². The minimum atomic E-state index is -0.949. The molecular formula is C23H19N2O3+. The molecule has 1 heterocycles. The lowest BCUT2D eigenvalue weighted by molar-refractivity contribution is -0.583. The van der Waals surface area contributed by atoms with Gasteiger partial charge >= 0.3 is 5.97 Å². The zero-order chi connectivity index (χ0) is 19.3. The summed E-state index contributed by atoms with van der Waals surface area (Å²) in [5.41, 5.74) is 3.86. The fourth-order valence-electron chi connectivity index (χ4n) is 3.08. The molecule has 3 aromatic carbocycles. The topological polar surface area (TPSA) is 66.2 Å². The molecule has 0 radical (unpaired) electrons. The number of para-hydroxylation sites is 2. The Balaban J connectivity index is 1.69. The molecule has 0 amide bonds. The molecule has 0 aliphatic rings. The van der Waals surface area contributed by atoms with Crippen LogP contribution in [-0.4, -0.2) is 16.1 Å². The number of aromatic nitrogens is 2. The van der Waals surface area contributed by atoms with Gasteiger partial charge in [-0.05, 0) is 29.8 Å². The average molecular weight is 371 g/mol. The van der Waals surface area contributed by atoms with E-state index in [4.69, 9.17) is 4.74 Å². The van der Waals surface area contributed by atoms with E-state index in [0.29, 0.717) is 6.61 Å². The summed E-state index contributed by atoms with van der Waals surface area (Å²) in [5.74, 6) is -0.206. The first kappa shape index (κ1) is 17.5. The number of aromatic carboxylic acids is 1. The van der Waals surface area contributed by atoms with E-state index in [1.54, 1.807) is 18.2 Å². The van der Waals surface area contributed by atoms with Crippen LogP contribution in [0.3, 0.4) is 0 Å². The van der Waals surface area contributed by atoms with Crippen LogP contribution < -0.4 is 9.30 Å². The minimum Gasteiger partial charge on any atom is -0.484 e. The van der Waals surface area contributed by atoms with Crippen molar-refractivity contribution >= 4 is 5.97 Å². The fourth-order valence-corrected chi connectivity index (χ4v) is 3.08. The molecule has 1 aromatic heterocycles. The highest BCUT2D eigenvalue weighted by Crippen LogP contribution is 2.23. The standard InChI is InChI=1S/C23H18N2O3/c26-23(27)19-10-6-9-18(13-19)21-14-24-16-25(21)20-11-4-5-12-22(20)28-15-17-7-2-1-3-8-17/h1-14,16H,15H2,(H,26,27)/p+1. The molecule has 0 saturated heterocycles. The van der Waals surface area contributed by atoms with E-state index >= 15 is 0 Å². The van der Waals surface area contributed by atoms with Crippen molar-refractivity contribution in [3.8, 4) is 22.7 Å². The van der Waals surface area contributed by atoms with Crippen LogP contribution in [-0.2, 0) is 6.61 Å². The Hall–Kier alpha value is -3.86. The van der Waals surface area contributed by atoms with Gasteiger partial charge < -0.3 is 9.84 Å². The molecule has 138 valence electrons. The van der Waals surface area contributed by atoms with Crippen LogP contribution in [0.15, 0.2) is 91.4 Å². The molecule has 0 aliphatic carbocycles. The van der Waals surface area contributed by atoms with Crippen molar-refractivity contribution in [2.45, 2.75) is 6.61 Å². The van der Waals surface area contributed by atoms with Crippen molar-refractivity contribution in [2.75, 3.05) is 0 Å². The number of carboxylic acids is 1. The quantitative estimate of drug-likeness (QED) is 0.498. The number of benzene rings is 3. The maximum absolute atomic E-state index is 11.3. The largest absolute Gasteiger partial charge is 0.484 e. The summed E-state index contributed by atoms with van der Waals surface area (Å²) in [4.78, 5) is 14.4. The number of imidazole rings is 1. The summed E-state index contributed by atoms with van der Waals surface area (Å²) in [7, 11) is 0. The Kier molecular flexibility index (Phi) is 4.89. The van der Waals surface area contributed by atoms with Crippen LogP contribution in [0.4, 0.5) is 0 Å². The van der Waals surface area contributed by atoms with E-state index in [2.05, 4.69) is 4.98 Å². The van der Waals surface area contributed by atoms with Crippen LogP contribution in [0.2, 0.25) is 0 Å². The van der Waals surface area contributed by atoms with Gasteiger partial charge in [-0.15, -0.1) is 0 Å². The second kappa shape index (κ2) is 7.80. The van der Waals surface area contributed by atoms with Crippen molar-refractivity contribution in [1.82, 2.24) is 4.98 Å². The van der Waals surface area contributed by atoms with Crippen molar-refractivity contribution < 1.29 is 19.2 Å².